The lowest BCUT2D eigenvalue weighted by Gasteiger charge is -2.09. The Balaban J connectivity index is 1.80. The van der Waals surface area contributed by atoms with Gasteiger partial charge in [-0.2, -0.15) is 10.2 Å². The molecule has 0 fully saturated rings. The van der Waals surface area contributed by atoms with Gasteiger partial charge < -0.3 is 0 Å². The van der Waals surface area contributed by atoms with E-state index in [2.05, 4.69) is 15.6 Å². The molecule has 0 aliphatic heterocycles. The number of nitro groups is 1. The average Bonchev–Trinajstić information content (AvgIpc) is 2.78. The molecule has 1 amide bonds. The summed E-state index contributed by atoms with van der Waals surface area (Å²) in [5.41, 5.74) is 2.64. The molecule has 2 aromatic carbocycles. The van der Waals surface area contributed by atoms with Crippen molar-refractivity contribution in [3.63, 3.8) is 0 Å². The highest BCUT2D eigenvalue weighted by Gasteiger charge is 2.16. The molecule has 0 radical (unpaired) electrons. The quantitative estimate of drug-likeness (QED) is 0.340. The number of hydrogen-bond acceptors (Lipinski definition) is 6. The molecule has 9 nitrogen and oxygen atoms in total. The van der Waals surface area contributed by atoms with Gasteiger partial charge in [0, 0.05) is 24.2 Å². The maximum Gasteiger partial charge on any atom is 0.292 e. The minimum Gasteiger partial charge on any atom is -0.267 e. The Kier molecular flexibility index (Phi) is 7.00. The van der Waals surface area contributed by atoms with Crippen molar-refractivity contribution < 1.29 is 9.72 Å². The molecule has 0 bridgehead atoms. The smallest absolute Gasteiger partial charge is 0.267 e. The Morgan fingerprint density at radius 3 is 2.65 bits per heavy atom. The summed E-state index contributed by atoms with van der Waals surface area (Å²) in [6.07, 6.45) is 5.96. The lowest BCUT2D eigenvalue weighted by molar-refractivity contribution is -0.385. The third-order valence-corrected chi connectivity index (χ3v) is 4.54. The average molecular weight is 419 g/mol. The summed E-state index contributed by atoms with van der Waals surface area (Å²) in [6, 6.07) is 13.1. The van der Waals surface area contributed by atoms with E-state index in [1.54, 1.807) is 42.5 Å². The molecule has 31 heavy (non-hydrogen) atoms. The first-order chi connectivity index (χ1) is 15.0. The molecule has 3 rings (SSSR count). The second-order valence-electron chi connectivity index (χ2n) is 6.67. The molecule has 0 spiro atoms. The van der Waals surface area contributed by atoms with Crippen LogP contribution in [0.2, 0.25) is 0 Å². The molecular formula is C22H21N5O4. The van der Waals surface area contributed by atoms with Gasteiger partial charge >= 0.3 is 0 Å². The first kappa shape index (κ1) is 21.6. The maximum atomic E-state index is 12.7. The lowest BCUT2D eigenvalue weighted by atomic mass is 10.1. The predicted molar refractivity (Wildman–Crippen MR) is 119 cm³/mol. The number of hydrogen-bond donors (Lipinski definition) is 1. The van der Waals surface area contributed by atoms with Gasteiger partial charge in [0.2, 0.25) is 0 Å². The summed E-state index contributed by atoms with van der Waals surface area (Å²) < 4.78 is 1.30. The highest BCUT2D eigenvalue weighted by molar-refractivity contribution is 6.04. The third kappa shape index (κ3) is 5.08. The van der Waals surface area contributed by atoms with E-state index in [9.17, 15) is 19.7 Å². The van der Waals surface area contributed by atoms with Crippen LogP contribution in [0.15, 0.2) is 64.5 Å². The number of aryl methyl sites for hydroxylation is 1. The zero-order chi connectivity index (χ0) is 22.2. The zero-order valence-electron chi connectivity index (χ0n) is 16.9. The van der Waals surface area contributed by atoms with Crippen molar-refractivity contribution in [3.8, 4) is 0 Å². The summed E-state index contributed by atoms with van der Waals surface area (Å²) in [7, 11) is 0. The Morgan fingerprint density at radius 1 is 1.19 bits per heavy atom. The van der Waals surface area contributed by atoms with Gasteiger partial charge in [-0.05, 0) is 30.7 Å². The summed E-state index contributed by atoms with van der Waals surface area (Å²) in [5, 5.41) is 20.0. The van der Waals surface area contributed by atoms with Crippen LogP contribution in [0.25, 0.3) is 16.8 Å². The number of aromatic nitrogens is 2. The number of carbonyl (C=O) groups excluding carboxylic acids is 1. The normalized spacial score (nSPS) is 11.4. The molecule has 3 aromatic rings. The van der Waals surface area contributed by atoms with Crippen molar-refractivity contribution in [2.24, 2.45) is 5.10 Å². The number of amides is 1. The maximum absolute atomic E-state index is 12.7. The van der Waals surface area contributed by atoms with E-state index in [0.29, 0.717) is 22.9 Å². The Morgan fingerprint density at radius 2 is 1.90 bits per heavy atom. The van der Waals surface area contributed by atoms with Crippen molar-refractivity contribution in [2.45, 2.75) is 26.3 Å². The molecule has 158 valence electrons. The van der Waals surface area contributed by atoms with Crippen LogP contribution in [-0.4, -0.2) is 26.8 Å². The summed E-state index contributed by atoms with van der Waals surface area (Å²) in [6.45, 7) is 2.42. The fourth-order valence-corrected chi connectivity index (χ4v) is 3.00. The van der Waals surface area contributed by atoms with E-state index in [-0.39, 0.29) is 16.9 Å². The molecule has 0 saturated carbocycles. The van der Waals surface area contributed by atoms with E-state index in [1.807, 2.05) is 6.92 Å². The molecule has 1 heterocycles. The van der Waals surface area contributed by atoms with Gasteiger partial charge in [-0.1, -0.05) is 43.7 Å². The largest absolute Gasteiger partial charge is 0.292 e. The molecule has 0 aliphatic carbocycles. The molecule has 0 aliphatic rings. The minimum atomic E-state index is -0.559. The number of allylic oxidation sites excluding steroid dienone is 1. The third-order valence-electron chi connectivity index (χ3n) is 4.54. The second kappa shape index (κ2) is 10.1. The molecule has 1 aromatic heterocycles. The van der Waals surface area contributed by atoms with Crippen LogP contribution in [0.5, 0.6) is 0 Å². The van der Waals surface area contributed by atoms with Crippen LogP contribution < -0.4 is 11.0 Å². The van der Waals surface area contributed by atoms with Gasteiger partial charge in [-0.3, -0.25) is 19.7 Å². The summed E-state index contributed by atoms with van der Waals surface area (Å²) in [5.74, 6) is -0.559. The fraction of sp³-hybridized carbons (Fsp3) is 0.182. The van der Waals surface area contributed by atoms with Gasteiger partial charge in [0.1, 0.15) is 0 Å². The number of hydrazone groups is 1. The lowest BCUT2D eigenvalue weighted by Crippen LogP contribution is -2.29. The van der Waals surface area contributed by atoms with Crippen molar-refractivity contribution in [1.29, 1.82) is 0 Å². The van der Waals surface area contributed by atoms with E-state index >= 15 is 0 Å². The number of benzene rings is 2. The molecule has 0 unspecified atom stereocenters. The number of nitrogens with zero attached hydrogens (tertiary/aromatic N) is 4. The molecule has 9 heteroatoms. The Hall–Kier alpha value is -4.14. The molecular weight excluding hydrogens is 398 g/mol. The SMILES string of the molecule is CCCCn1nc(C(=O)N/N=C/C=C/c2ccccc2[N+](=O)[O-])c2ccccc2c1=O. The van der Waals surface area contributed by atoms with Crippen LogP contribution in [0.3, 0.4) is 0 Å². The molecule has 0 saturated heterocycles. The van der Waals surface area contributed by atoms with E-state index in [1.165, 1.54) is 29.1 Å². The monoisotopic (exact) mass is 419 g/mol. The van der Waals surface area contributed by atoms with E-state index in [4.69, 9.17) is 0 Å². The van der Waals surface area contributed by atoms with E-state index < -0.39 is 10.8 Å². The fourth-order valence-electron chi connectivity index (χ4n) is 3.00. The van der Waals surface area contributed by atoms with Gasteiger partial charge in [-0.15, -0.1) is 0 Å². The molecule has 0 atom stereocenters. The number of rotatable bonds is 8. The van der Waals surface area contributed by atoms with Gasteiger partial charge in [-0.25, -0.2) is 10.1 Å². The van der Waals surface area contributed by atoms with Crippen LogP contribution in [0, 0.1) is 10.1 Å². The number of para-hydroxylation sites is 1. The van der Waals surface area contributed by atoms with Crippen LogP contribution in [-0.2, 0) is 6.54 Å². The number of nitrogens with one attached hydrogen (secondary N) is 1. The van der Waals surface area contributed by atoms with Gasteiger partial charge in [0.05, 0.1) is 15.9 Å². The first-order valence-corrected chi connectivity index (χ1v) is 9.76. The van der Waals surface area contributed by atoms with Crippen molar-refractivity contribution in [2.75, 3.05) is 0 Å². The van der Waals surface area contributed by atoms with Gasteiger partial charge in [0.15, 0.2) is 5.69 Å². The Bertz CT molecular complexity index is 1230. The predicted octanol–water partition coefficient (Wildman–Crippen LogP) is 3.53. The highest BCUT2D eigenvalue weighted by atomic mass is 16.6. The van der Waals surface area contributed by atoms with Gasteiger partial charge in [0.25, 0.3) is 17.2 Å². The van der Waals surface area contributed by atoms with Crippen LogP contribution in [0.1, 0.15) is 35.8 Å². The van der Waals surface area contributed by atoms with Crippen LogP contribution in [0.4, 0.5) is 5.69 Å². The zero-order valence-corrected chi connectivity index (χ0v) is 16.9. The van der Waals surface area contributed by atoms with Crippen molar-refractivity contribution in [1.82, 2.24) is 15.2 Å². The summed E-state index contributed by atoms with van der Waals surface area (Å²) in [4.78, 5) is 35.8. The van der Waals surface area contributed by atoms with E-state index in [0.717, 1.165) is 12.8 Å². The van der Waals surface area contributed by atoms with Crippen molar-refractivity contribution >= 4 is 34.7 Å². The standard InChI is InChI=1S/C22H21N5O4/c1-2-3-15-26-22(29)18-12-6-5-11-17(18)20(25-26)21(28)24-23-14-8-10-16-9-4-7-13-19(16)27(30)31/h4-14H,2-3,15H2,1H3,(H,24,28)/b10-8+,23-14+. The summed E-state index contributed by atoms with van der Waals surface area (Å²) >= 11 is 0. The van der Waals surface area contributed by atoms with Crippen molar-refractivity contribution in [3.05, 3.63) is 86.3 Å². The number of unbranched alkanes of at least 4 members (excludes halogenated alkanes) is 1. The first-order valence-electron chi connectivity index (χ1n) is 9.76. The number of fused-ring (bicyclic) bond motifs is 1. The number of nitro benzene ring substituents is 1. The highest BCUT2D eigenvalue weighted by Crippen LogP contribution is 2.18. The minimum absolute atomic E-state index is 0.0267. The molecule has 1 N–H and O–H groups in total. The Labute approximate surface area is 177 Å². The second-order valence-corrected chi connectivity index (χ2v) is 6.67. The topological polar surface area (TPSA) is 119 Å². The number of carbonyl (C=O) groups is 1. The van der Waals surface area contributed by atoms with Crippen LogP contribution >= 0.6 is 0 Å².